The molecule has 0 spiro atoms. The quantitative estimate of drug-likeness (QED) is 0.320. The van der Waals surface area contributed by atoms with Crippen molar-refractivity contribution in [1.82, 2.24) is 0 Å². The van der Waals surface area contributed by atoms with E-state index >= 15 is 0 Å². The van der Waals surface area contributed by atoms with Crippen LogP contribution in [0.5, 0.6) is 0 Å². The summed E-state index contributed by atoms with van der Waals surface area (Å²) >= 11 is 0. The largest absolute Gasteiger partial charge is 0.744 e. The van der Waals surface area contributed by atoms with Crippen molar-refractivity contribution < 1.29 is 43.5 Å². The summed E-state index contributed by atoms with van der Waals surface area (Å²) in [6.45, 7) is 0. The summed E-state index contributed by atoms with van der Waals surface area (Å²) in [5.74, 6) is 0. The molecule has 0 saturated carbocycles. The van der Waals surface area contributed by atoms with Crippen molar-refractivity contribution in [1.29, 1.82) is 0 Å². The van der Waals surface area contributed by atoms with E-state index in [1.54, 1.807) is 0 Å². The Hall–Kier alpha value is -2.38. The Morgan fingerprint density at radius 2 is 0.750 bits per heavy atom. The van der Waals surface area contributed by atoms with Crippen molar-refractivity contribution in [2.45, 2.75) is 14.7 Å². The predicted molar refractivity (Wildman–Crippen MR) is 110 cm³/mol. The van der Waals surface area contributed by atoms with E-state index in [0.717, 1.165) is 54.6 Å². The second-order valence-electron chi connectivity index (χ2n) is 6.46. The normalized spacial score (nSPS) is 13.1. The summed E-state index contributed by atoms with van der Waals surface area (Å²) in [7, 11) is -19.2. The van der Waals surface area contributed by atoms with E-state index in [9.17, 15) is 43.5 Å². The molecule has 0 aromatic heterocycles. The van der Waals surface area contributed by atoms with E-state index in [4.69, 9.17) is 0 Å². The Morgan fingerprint density at radius 1 is 0.500 bits per heavy atom. The van der Waals surface area contributed by atoms with Crippen molar-refractivity contribution in [3.8, 4) is 0 Å². The molecular formula is C18H12O10PS3-3. The molecule has 0 heterocycles. The molecule has 14 heteroatoms. The third-order valence-electron chi connectivity index (χ3n) is 4.41. The third kappa shape index (κ3) is 4.84. The Kier molecular flexibility index (Phi) is 6.21. The minimum Gasteiger partial charge on any atom is -0.744 e. The standard InChI is InChI=1S/C18H15O10PS3/c19-29(13-4-1-7-16(10-13)30(20,21)22,14-5-2-8-17(11-14)31(23,24)25)15-6-3-9-18(12-15)32(26,27)28/h1-12H,(H,20,21,22)(H,23,24,25)(H,26,27,28)/p-3. The number of hydrogen-bond acceptors (Lipinski definition) is 10. The van der Waals surface area contributed by atoms with Gasteiger partial charge in [0, 0.05) is 15.9 Å². The van der Waals surface area contributed by atoms with Gasteiger partial charge in [0.2, 0.25) is 0 Å². The summed E-state index contributed by atoms with van der Waals surface area (Å²) < 4.78 is 118. The number of rotatable bonds is 6. The van der Waals surface area contributed by atoms with Crippen molar-refractivity contribution in [2.75, 3.05) is 0 Å². The Balaban J connectivity index is 2.43. The summed E-state index contributed by atoms with van der Waals surface area (Å²) in [4.78, 5) is -2.22. The lowest BCUT2D eigenvalue weighted by molar-refractivity contribution is 0.461. The smallest absolute Gasteiger partial charge is 0.171 e. The minimum atomic E-state index is -4.98. The van der Waals surface area contributed by atoms with Gasteiger partial charge in [0.05, 0.1) is 14.7 Å². The van der Waals surface area contributed by atoms with E-state index in [1.165, 1.54) is 18.2 Å². The lowest BCUT2D eigenvalue weighted by Crippen LogP contribution is -2.26. The highest BCUT2D eigenvalue weighted by Gasteiger charge is 2.31. The average Bonchev–Trinajstić information content (AvgIpc) is 2.71. The molecule has 0 aliphatic carbocycles. The highest BCUT2D eigenvalue weighted by atomic mass is 32.2. The van der Waals surface area contributed by atoms with E-state index in [-0.39, 0.29) is 15.9 Å². The molecule has 3 aromatic rings. The SMILES string of the molecule is O=P(c1cccc(S(=O)(=O)[O-])c1)(c1cccc(S(=O)(=O)[O-])c1)c1cccc(S(=O)(=O)[O-])c1. The lowest BCUT2D eigenvalue weighted by atomic mass is 10.3. The van der Waals surface area contributed by atoms with Crippen LogP contribution < -0.4 is 15.9 Å². The molecular weight excluding hydrogens is 503 g/mol. The van der Waals surface area contributed by atoms with Crippen molar-refractivity contribution >= 4 is 53.4 Å². The maximum atomic E-state index is 14.4. The van der Waals surface area contributed by atoms with Crippen LogP contribution in [0.2, 0.25) is 0 Å². The van der Waals surface area contributed by atoms with Gasteiger partial charge in [0.15, 0.2) is 7.14 Å². The Bertz CT molecular complexity index is 1390. The van der Waals surface area contributed by atoms with Crippen LogP contribution in [-0.2, 0) is 34.9 Å². The van der Waals surface area contributed by atoms with Gasteiger partial charge < -0.3 is 18.2 Å². The molecule has 0 bridgehead atoms. The molecule has 0 aliphatic rings. The van der Waals surface area contributed by atoms with E-state index in [0.29, 0.717) is 0 Å². The zero-order chi connectivity index (χ0) is 23.9. The fourth-order valence-electron chi connectivity index (χ4n) is 2.95. The molecule has 10 nitrogen and oxygen atoms in total. The van der Waals surface area contributed by atoms with Gasteiger partial charge in [-0.15, -0.1) is 0 Å². The van der Waals surface area contributed by atoms with Crippen LogP contribution in [0, 0.1) is 0 Å². The second-order valence-corrected chi connectivity index (χ2v) is 13.4. The molecule has 0 aliphatic heterocycles. The molecule has 3 rings (SSSR count). The van der Waals surface area contributed by atoms with Crippen molar-refractivity contribution in [3.05, 3.63) is 72.8 Å². The van der Waals surface area contributed by atoms with E-state index < -0.39 is 52.2 Å². The van der Waals surface area contributed by atoms with Crippen molar-refractivity contribution in [3.63, 3.8) is 0 Å². The van der Waals surface area contributed by atoms with Gasteiger partial charge in [0.25, 0.3) is 0 Å². The van der Waals surface area contributed by atoms with Crippen LogP contribution in [0.15, 0.2) is 87.5 Å². The first-order valence-electron chi connectivity index (χ1n) is 8.43. The maximum absolute atomic E-state index is 14.4. The van der Waals surface area contributed by atoms with Gasteiger partial charge in [-0.2, -0.15) is 0 Å². The molecule has 0 radical (unpaired) electrons. The molecule has 170 valence electrons. The maximum Gasteiger partial charge on any atom is 0.171 e. The Labute approximate surface area is 184 Å². The zero-order valence-electron chi connectivity index (χ0n) is 15.7. The van der Waals surface area contributed by atoms with Gasteiger partial charge >= 0.3 is 0 Å². The van der Waals surface area contributed by atoms with Gasteiger partial charge in [0.1, 0.15) is 30.4 Å². The molecule has 32 heavy (non-hydrogen) atoms. The van der Waals surface area contributed by atoms with Crippen LogP contribution >= 0.6 is 7.14 Å². The molecule has 0 saturated heterocycles. The van der Waals surface area contributed by atoms with Crippen LogP contribution in [0.25, 0.3) is 0 Å². The molecule has 0 unspecified atom stereocenters. The van der Waals surface area contributed by atoms with Crippen LogP contribution in [0.4, 0.5) is 0 Å². The highest BCUT2D eigenvalue weighted by Crippen LogP contribution is 2.43. The predicted octanol–water partition coefficient (Wildman–Crippen LogP) is 0.0383. The number of hydrogen-bond donors (Lipinski definition) is 0. The first kappa shape index (κ1) is 24.3. The van der Waals surface area contributed by atoms with E-state index in [1.807, 2.05) is 0 Å². The van der Waals surface area contributed by atoms with Gasteiger partial charge in [-0.05, 0) is 36.4 Å². The Morgan fingerprint density at radius 3 is 0.969 bits per heavy atom. The first-order valence-corrected chi connectivity index (χ1v) is 14.4. The van der Waals surface area contributed by atoms with E-state index in [2.05, 4.69) is 0 Å². The van der Waals surface area contributed by atoms with Crippen LogP contribution in [0.1, 0.15) is 0 Å². The fraction of sp³-hybridized carbons (Fsp3) is 0. The monoisotopic (exact) mass is 515 g/mol. The summed E-state index contributed by atoms with van der Waals surface area (Å²) in [6, 6.07) is 12.2. The minimum absolute atomic E-state index is 0.268. The third-order valence-corrected chi connectivity index (χ3v) is 9.92. The van der Waals surface area contributed by atoms with Crippen molar-refractivity contribution in [2.24, 2.45) is 0 Å². The molecule has 3 aromatic carbocycles. The summed E-state index contributed by atoms with van der Waals surface area (Å²) in [5, 5.41) is -0.805. The number of benzene rings is 3. The summed E-state index contributed by atoms with van der Waals surface area (Å²) in [5.41, 5.74) is 0. The average molecular weight is 515 g/mol. The highest BCUT2D eigenvalue weighted by molar-refractivity contribution is 7.87. The lowest BCUT2D eigenvalue weighted by Gasteiger charge is -2.23. The molecule has 0 N–H and O–H groups in total. The van der Waals surface area contributed by atoms with Gasteiger partial charge in [-0.3, -0.25) is 0 Å². The topological polar surface area (TPSA) is 189 Å². The first-order chi connectivity index (χ1) is 14.6. The van der Waals surface area contributed by atoms with Gasteiger partial charge in [-0.1, -0.05) is 36.4 Å². The van der Waals surface area contributed by atoms with Crippen LogP contribution in [-0.4, -0.2) is 38.9 Å². The molecule has 0 atom stereocenters. The second kappa shape index (κ2) is 8.19. The zero-order valence-corrected chi connectivity index (χ0v) is 19.0. The fourth-order valence-corrected chi connectivity index (χ4v) is 7.51. The molecule has 0 amide bonds. The van der Waals surface area contributed by atoms with Gasteiger partial charge in [-0.25, -0.2) is 25.3 Å². The molecule has 0 fully saturated rings. The summed E-state index contributed by atoms with van der Waals surface area (Å²) in [6.07, 6.45) is 0. The van der Waals surface area contributed by atoms with Crippen LogP contribution in [0.3, 0.4) is 0 Å².